The quantitative estimate of drug-likeness (QED) is 0.157. The van der Waals surface area contributed by atoms with Crippen molar-refractivity contribution >= 4 is 60.4 Å². The van der Waals surface area contributed by atoms with E-state index in [0.717, 1.165) is 49.7 Å². The summed E-state index contributed by atoms with van der Waals surface area (Å²) < 4.78 is 11.9. The molecule has 0 aliphatic rings. The van der Waals surface area contributed by atoms with Crippen molar-refractivity contribution in [1.29, 1.82) is 0 Å². The molecule has 0 N–H and O–H groups in total. The fourth-order valence-corrected chi connectivity index (χ4v) is 3.37. The summed E-state index contributed by atoms with van der Waals surface area (Å²) in [7, 11) is 0. The average molecular weight is 431 g/mol. The van der Waals surface area contributed by atoms with Gasteiger partial charge in [-0.1, -0.05) is 88.2 Å². The maximum Gasteiger partial charge on any atom is 0.165 e. The Labute approximate surface area is 180 Å². The molecule has 1 aromatic rings. The topological polar surface area (TPSA) is 18.5 Å². The molecule has 1 aromatic carbocycles. The van der Waals surface area contributed by atoms with Crippen LogP contribution in [0.25, 0.3) is 0 Å². The van der Waals surface area contributed by atoms with Gasteiger partial charge in [0.2, 0.25) is 0 Å². The van der Waals surface area contributed by atoms with Gasteiger partial charge in [-0.15, -0.1) is 25.3 Å². The molecular weight excluding hydrogens is 400 g/mol. The van der Waals surface area contributed by atoms with E-state index < -0.39 is 9.87 Å². The average Bonchev–Trinajstić information content (AvgIpc) is 2.68. The third kappa shape index (κ3) is 7.21. The second-order valence-electron chi connectivity index (χ2n) is 6.32. The van der Waals surface area contributed by atoms with E-state index in [1.807, 2.05) is 24.3 Å². The molecule has 146 valence electrons. The van der Waals surface area contributed by atoms with E-state index in [4.69, 9.17) is 33.9 Å². The first kappa shape index (κ1) is 24.1. The first-order chi connectivity index (χ1) is 12.5. The fourth-order valence-electron chi connectivity index (χ4n) is 2.48. The normalized spacial score (nSPS) is 15.8. The Morgan fingerprint density at radius 3 is 1.38 bits per heavy atom. The fraction of sp³-hybridized carbons (Fsp3) is 0.600. The van der Waals surface area contributed by atoms with Gasteiger partial charge >= 0.3 is 0 Å². The number of thiol groups is 2. The lowest BCUT2D eigenvalue weighted by Crippen LogP contribution is -2.27. The van der Waals surface area contributed by atoms with Crippen molar-refractivity contribution in [3.63, 3.8) is 0 Å². The third-order valence-corrected chi connectivity index (χ3v) is 6.22. The molecule has 0 amide bonds. The summed E-state index contributed by atoms with van der Waals surface area (Å²) in [4.78, 5) is -1.75. The molecule has 26 heavy (non-hydrogen) atoms. The van der Waals surface area contributed by atoms with Gasteiger partial charge in [0.05, 0.1) is 0 Å². The summed E-state index contributed by atoms with van der Waals surface area (Å²) in [5.74, 6) is 0. The van der Waals surface area contributed by atoms with E-state index in [2.05, 4.69) is 39.1 Å². The van der Waals surface area contributed by atoms with Crippen LogP contribution < -0.4 is 0 Å². The lowest BCUT2D eigenvalue weighted by molar-refractivity contribution is 0.0729. The van der Waals surface area contributed by atoms with Crippen LogP contribution in [-0.4, -0.2) is 23.9 Å². The molecule has 2 nitrogen and oxygen atoms in total. The van der Waals surface area contributed by atoms with Crippen LogP contribution >= 0.6 is 49.7 Å². The monoisotopic (exact) mass is 430 g/mol. The van der Waals surface area contributed by atoms with Crippen molar-refractivity contribution in [2.75, 3.05) is 13.2 Å². The van der Waals surface area contributed by atoms with Gasteiger partial charge in [-0.3, -0.25) is 0 Å². The zero-order valence-electron chi connectivity index (χ0n) is 15.6. The molecule has 0 aromatic heterocycles. The molecule has 0 saturated carbocycles. The van der Waals surface area contributed by atoms with E-state index in [-0.39, 0.29) is 0 Å². The highest BCUT2D eigenvalue weighted by molar-refractivity contribution is 7.86. The minimum Gasteiger partial charge on any atom is -0.356 e. The van der Waals surface area contributed by atoms with E-state index in [0.29, 0.717) is 13.2 Å². The van der Waals surface area contributed by atoms with Crippen LogP contribution in [0.15, 0.2) is 24.3 Å². The third-order valence-electron chi connectivity index (χ3n) is 4.17. The van der Waals surface area contributed by atoms with E-state index in [1.165, 1.54) is 0 Å². The maximum atomic E-state index is 5.94. The Bertz CT molecular complexity index is 500. The Morgan fingerprint density at radius 2 is 1.12 bits per heavy atom. The number of rotatable bonds is 14. The molecule has 0 radical (unpaired) electrons. The number of ether oxygens (including phenoxy) is 2. The van der Waals surface area contributed by atoms with Crippen LogP contribution in [0.2, 0.25) is 0 Å². The van der Waals surface area contributed by atoms with Crippen LogP contribution in [0, 0.1) is 0 Å². The van der Waals surface area contributed by atoms with Crippen molar-refractivity contribution in [3.8, 4) is 0 Å². The molecule has 0 heterocycles. The van der Waals surface area contributed by atoms with Crippen LogP contribution in [-0.2, 0) is 19.3 Å². The van der Waals surface area contributed by atoms with Gasteiger partial charge in [-0.25, -0.2) is 0 Å². The zero-order valence-corrected chi connectivity index (χ0v) is 19.1. The highest BCUT2D eigenvalue weighted by Crippen LogP contribution is 2.33. The number of hydrogen-bond donors (Lipinski definition) is 2. The molecule has 2 unspecified atom stereocenters. The predicted molar refractivity (Wildman–Crippen MR) is 126 cm³/mol. The van der Waals surface area contributed by atoms with E-state index in [1.54, 1.807) is 10.7 Å². The van der Waals surface area contributed by atoms with E-state index >= 15 is 0 Å². The van der Waals surface area contributed by atoms with Gasteiger partial charge in [-0.05, 0) is 24.0 Å². The van der Waals surface area contributed by atoms with Crippen LogP contribution in [0.1, 0.15) is 63.5 Å². The van der Waals surface area contributed by atoms with Gasteiger partial charge in [-0.2, -0.15) is 0 Å². The van der Waals surface area contributed by atoms with Crippen LogP contribution in [0.4, 0.5) is 0 Å². The van der Waals surface area contributed by atoms with Crippen LogP contribution in [0.5, 0.6) is 0 Å². The number of hydrogen-bond acceptors (Lipinski definition) is 6. The molecular formula is C20H30O2S4. The summed E-state index contributed by atoms with van der Waals surface area (Å²) in [6.07, 6.45) is 6.55. The molecule has 0 aliphatic carbocycles. The molecule has 1 rings (SSSR count). The lowest BCUT2D eigenvalue weighted by Gasteiger charge is -2.28. The van der Waals surface area contributed by atoms with Gasteiger partial charge in [0.1, 0.15) is 0 Å². The Hall–Kier alpha value is 0.0200. The first-order valence-electron chi connectivity index (χ1n) is 9.22. The molecule has 0 fully saturated rings. The molecule has 0 saturated heterocycles. The molecule has 2 atom stereocenters. The van der Waals surface area contributed by atoms with Gasteiger partial charge in [0, 0.05) is 23.9 Å². The lowest BCUT2D eigenvalue weighted by atomic mass is 10.0. The Morgan fingerprint density at radius 1 is 0.769 bits per heavy atom. The minimum atomic E-state index is -0.874. The van der Waals surface area contributed by atoms with Gasteiger partial charge in [0.15, 0.2) is 9.87 Å². The largest absolute Gasteiger partial charge is 0.356 e. The van der Waals surface area contributed by atoms with Crippen molar-refractivity contribution in [2.24, 2.45) is 0 Å². The highest BCUT2D eigenvalue weighted by atomic mass is 32.1. The maximum absolute atomic E-state index is 5.94. The second kappa shape index (κ2) is 12.5. The summed E-state index contributed by atoms with van der Waals surface area (Å²) in [6.45, 7) is 5.58. The van der Waals surface area contributed by atoms with Crippen molar-refractivity contribution < 1.29 is 9.47 Å². The van der Waals surface area contributed by atoms with Gasteiger partial charge in [0.25, 0.3) is 0 Å². The minimum absolute atomic E-state index is 0.628. The second-order valence-corrected chi connectivity index (χ2v) is 8.12. The SMILES string of the molecule is CCCCCOC(S)(C=S)c1ccc(C(S)(C=S)OCCCCC)cc1. The summed E-state index contributed by atoms with van der Waals surface area (Å²) in [5, 5.41) is 3.12. The highest BCUT2D eigenvalue weighted by Gasteiger charge is 2.29. The first-order valence-corrected chi connectivity index (χ1v) is 11.1. The standard InChI is InChI=1S/C20H30O2S4/c1-3-5-7-13-21-19(25,15-23)17-9-11-18(12-10-17)20(26,16-24)22-14-8-6-4-2/h9-12,15-16,25-26H,3-8,13-14H2,1-2H3. The number of thiocarbonyl (C=S) groups is 2. The summed E-state index contributed by atoms with van der Waals surface area (Å²) in [5.41, 5.74) is 1.78. The van der Waals surface area contributed by atoms with E-state index in [9.17, 15) is 0 Å². The molecule has 0 spiro atoms. The summed E-state index contributed by atoms with van der Waals surface area (Å²) >= 11 is 19.7. The zero-order chi connectivity index (χ0) is 19.5. The Kier molecular flexibility index (Phi) is 11.5. The molecule has 0 aliphatic heterocycles. The van der Waals surface area contributed by atoms with Crippen molar-refractivity contribution in [3.05, 3.63) is 35.4 Å². The van der Waals surface area contributed by atoms with Gasteiger partial charge < -0.3 is 9.47 Å². The summed E-state index contributed by atoms with van der Waals surface area (Å²) in [6, 6.07) is 7.79. The van der Waals surface area contributed by atoms with Crippen molar-refractivity contribution in [2.45, 2.75) is 62.2 Å². The Balaban J connectivity index is 2.83. The number of benzene rings is 1. The predicted octanol–water partition coefficient (Wildman–Crippen LogP) is 6.26. The number of unbranched alkanes of at least 4 members (excludes halogenated alkanes) is 4. The molecule has 0 bridgehead atoms. The van der Waals surface area contributed by atoms with Crippen molar-refractivity contribution in [1.82, 2.24) is 0 Å². The molecule has 6 heteroatoms. The smallest absolute Gasteiger partial charge is 0.165 e. The van der Waals surface area contributed by atoms with Crippen LogP contribution in [0.3, 0.4) is 0 Å².